The SMILES string of the molecule is COc1c(F)cc(NC(=O)c2ccc(Cl)cn2)cc1C[C@@H](N)NOC(N)=NCF. The first-order valence-corrected chi connectivity index (χ1v) is 8.55. The number of methoxy groups -OCH3 is 1. The van der Waals surface area contributed by atoms with Crippen molar-refractivity contribution in [2.45, 2.75) is 12.6 Å². The molecule has 0 aliphatic heterocycles. The number of hydrogen-bond donors (Lipinski definition) is 4. The van der Waals surface area contributed by atoms with Crippen LogP contribution in [-0.4, -0.2) is 37.0 Å². The molecule has 0 aliphatic rings. The van der Waals surface area contributed by atoms with E-state index < -0.39 is 30.7 Å². The number of ether oxygens (including phenoxy) is 1. The Morgan fingerprint density at radius 1 is 1.41 bits per heavy atom. The number of amidine groups is 1. The van der Waals surface area contributed by atoms with E-state index in [1.54, 1.807) is 0 Å². The van der Waals surface area contributed by atoms with Gasteiger partial charge in [0.2, 0.25) is 0 Å². The summed E-state index contributed by atoms with van der Waals surface area (Å²) in [4.78, 5) is 24.1. The summed E-state index contributed by atoms with van der Waals surface area (Å²) in [5.41, 5.74) is 14.1. The van der Waals surface area contributed by atoms with Crippen LogP contribution in [0.1, 0.15) is 16.1 Å². The Kier molecular flexibility index (Phi) is 8.07. The van der Waals surface area contributed by atoms with Crippen LogP contribution in [-0.2, 0) is 11.3 Å². The summed E-state index contributed by atoms with van der Waals surface area (Å²) in [6.07, 6.45) is 0.464. The molecule has 1 aromatic carbocycles. The first-order valence-electron chi connectivity index (χ1n) is 8.17. The summed E-state index contributed by atoms with van der Waals surface area (Å²) in [7, 11) is 1.29. The average molecular weight is 429 g/mol. The minimum atomic E-state index is -1.05. The molecule has 29 heavy (non-hydrogen) atoms. The standard InChI is InChI=1S/C17H19ClF2N6O3/c1-28-15-9(5-14(21)26-29-17(22)24-8-19)4-11(6-12(15)20)25-16(27)13-3-2-10(18)7-23-13/h2-4,6-7,14,26H,5,8,21H2,1H3,(H2,22,24)(H,25,27)/t14-/m0/s1. The van der Waals surface area contributed by atoms with Gasteiger partial charge >= 0.3 is 6.02 Å². The number of aliphatic imine (C=N–C) groups is 1. The zero-order valence-electron chi connectivity index (χ0n) is 15.3. The molecule has 0 unspecified atom stereocenters. The topological polar surface area (TPSA) is 137 Å². The van der Waals surface area contributed by atoms with Crippen LogP contribution in [0.4, 0.5) is 14.5 Å². The number of aromatic nitrogens is 1. The molecule has 1 atom stereocenters. The number of nitrogens with zero attached hydrogens (tertiary/aromatic N) is 2. The summed E-state index contributed by atoms with van der Waals surface area (Å²) in [6, 6.07) is 5.07. The van der Waals surface area contributed by atoms with Gasteiger partial charge in [0.25, 0.3) is 5.91 Å². The molecular weight excluding hydrogens is 410 g/mol. The largest absolute Gasteiger partial charge is 0.493 e. The predicted molar refractivity (Wildman–Crippen MR) is 104 cm³/mol. The van der Waals surface area contributed by atoms with Gasteiger partial charge in [-0.05, 0) is 18.2 Å². The number of pyridine rings is 1. The number of anilines is 1. The molecule has 156 valence electrons. The highest BCUT2D eigenvalue weighted by Crippen LogP contribution is 2.28. The first-order chi connectivity index (χ1) is 13.8. The predicted octanol–water partition coefficient (Wildman–Crippen LogP) is 1.73. The van der Waals surface area contributed by atoms with Gasteiger partial charge in [0.05, 0.1) is 18.3 Å². The summed E-state index contributed by atoms with van der Waals surface area (Å²) in [5, 5.41) is 2.91. The number of hydroxylamine groups is 1. The van der Waals surface area contributed by atoms with Crippen molar-refractivity contribution >= 4 is 29.2 Å². The van der Waals surface area contributed by atoms with Gasteiger partial charge in [0.1, 0.15) is 5.69 Å². The van der Waals surface area contributed by atoms with Gasteiger partial charge in [-0.2, -0.15) is 0 Å². The lowest BCUT2D eigenvalue weighted by atomic mass is 10.1. The third kappa shape index (κ3) is 6.52. The Labute approximate surface area is 170 Å². The number of amides is 1. The third-order valence-corrected chi connectivity index (χ3v) is 3.74. The number of hydrogen-bond acceptors (Lipinski definition) is 7. The maximum absolute atomic E-state index is 14.4. The highest BCUT2D eigenvalue weighted by atomic mass is 35.5. The van der Waals surface area contributed by atoms with Gasteiger partial charge in [-0.3, -0.25) is 4.79 Å². The van der Waals surface area contributed by atoms with E-state index in [0.717, 1.165) is 6.07 Å². The fourth-order valence-corrected chi connectivity index (χ4v) is 2.43. The Morgan fingerprint density at radius 2 is 2.17 bits per heavy atom. The number of halogens is 3. The quantitative estimate of drug-likeness (QED) is 0.165. The number of carbonyl (C=O) groups excluding carboxylic acids is 1. The van der Waals surface area contributed by atoms with E-state index in [9.17, 15) is 13.6 Å². The molecule has 0 saturated carbocycles. The Bertz CT molecular complexity index is 882. The van der Waals surface area contributed by atoms with E-state index in [1.165, 1.54) is 31.5 Å². The molecule has 2 rings (SSSR count). The minimum absolute atomic E-state index is 0.0197. The molecule has 6 N–H and O–H groups in total. The van der Waals surface area contributed by atoms with Crippen LogP contribution in [0.25, 0.3) is 0 Å². The molecule has 1 aromatic heterocycles. The van der Waals surface area contributed by atoms with Crippen molar-refractivity contribution in [2.75, 3.05) is 19.2 Å². The molecule has 0 bridgehead atoms. The van der Waals surface area contributed by atoms with Crippen molar-refractivity contribution in [3.63, 3.8) is 0 Å². The molecule has 9 nitrogen and oxygen atoms in total. The molecule has 1 amide bonds. The fraction of sp³-hybridized carbons (Fsp3) is 0.235. The van der Waals surface area contributed by atoms with Crippen LogP contribution in [0.5, 0.6) is 5.75 Å². The van der Waals surface area contributed by atoms with Crippen LogP contribution in [0, 0.1) is 5.82 Å². The molecule has 12 heteroatoms. The van der Waals surface area contributed by atoms with Gasteiger partial charge in [0, 0.05) is 29.9 Å². The maximum atomic E-state index is 14.4. The van der Waals surface area contributed by atoms with Gasteiger partial charge in [-0.25, -0.2) is 18.8 Å². The normalized spacial score (nSPS) is 12.4. The van der Waals surface area contributed by atoms with Crippen LogP contribution in [0.2, 0.25) is 5.02 Å². The smallest absolute Gasteiger partial charge is 0.304 e. The monoisotopic (exact) mass is 428 g/mol. The van der Waals surface area contributed by atoms with Crippen molar-refractivity contribution in [2.24, 2.45) is 16.5 Å². The number of carbonyl (C=O) groups is 1. The number of rotatable bonds is 8. The molecule has 0 aliphatic carbocycles. The Hall–Kier alpha value is -3.02. The maximum Gasteiger partial charge on any atom is 0.304 e. The lowest BCUT2D eigenvalue weighted by Gasteiger charge is -2.17. The lowest BCUT2D eigenvalue weighted by molar-refractivity contribution is 0.102. The number of benzene rings is 1. The molecular formula is C17H19ClF2N6O3. The summed E-state index contributed by atoms with van der Waals surface area (Å²) in [5.74, 6) is -1.33. The molecule has 0 saturated heterocycles. The van der Waals surface area contributed by atoms with Crippen LogP contribution in [0.15, 0.2) is 35.5 Å². The van der Waals surface area contributed by atoms with Gasteiger partial charge < -0.3 is 26.4 Å². The molecule has 0 radical (unpaired) electrons. The fourth-order valence-electron chi connectivity index (χ4n) is 2.31. The Balaban J connectivity index is 2.15. The van der Waals surface area contributed by atoms with Crippen LogP contribution in [0.3, 0.4) is 0 Å². The second-order valence-corrected chi connectivity index (χ2v) is 6.05. The van der Waals surface area contributed by atoms with Gasteiger partial charge in [-0.15, -0.1) is 5.48 Å². The highest BCUT2D eigenvalue weighted by Gasteiger charge is 2.17. The average Bonchev–Trinajstić information content (AvgIpc) is 2.67. The zero-order valence-corrected chi connectivity index (χ0v) is 16.0. The van der Waals surface area contributed by atoms with Crippen molar-refractivity contribution in [3.8, 4) is 5.75 Å². The second-order valence-electron chi connectivity index (χ2n) is 5.61. The van der Waals surface area contributed by atoms with E-state index in [4.69, 9.17) is 32.6 Å². The lowest BCUT2D eigenvalue weighted by Crippen LogP contribution is -2.42. The zero-order chi connectivity index (χ0) is 21.4. The van der Waals surface area contributed by atoms with Crippen molar-refractivity contribution < 1.29 is 23.1 Å². The summed E-state index contributed by atoms with van der Waals surface area (Å²) >= 11 is 5.74. The van der Waals surface area contributed by atoms with E-state index in [-0.39, 0.29) is 23.6 Å². The molecule has 1 heterocycles. The minimum Gasteiger partial charge on any atom is -0.493 e. The first kappa shape index (κ1) is 22.3. The van der Waals surface area contributed by atoms with E-state index >= 15 is 0 Å². The third-order valence-electron chi connectivity index (χ3n) is 3.51. The van der Waals surface area contributed by atoms with Gasteiger partial charge in [0.15, 0.2) is 18.4 Å². The van der Waals surface area contributed by atoms with Crippen LogP contribution >= 0.6 is 11.6 Å². The molecule has 0 fully saturated rings. The summed E-state index contributed by atoms with van der Waals surface area (Å²) < 4.78 is 31.5. The number of nitrogens with one attached hydrogen (secondary N) is 2. The van der Waals surface area contributed by atoms with Crippen LogP contribution < -0.4 is 27.0 Å². The van der Waals surface area contributed by atoms with E-state index in [2.05, 4.69) is 20.8 Å². The summed E-state index contributed by atoms with van der Waals surface area (Å²) in [6.45, 7) is -1.05. The highest BCUT2D eigenvalue weighted by molar-refractivity contribution is 6.30. The van der Waals surface area contributed by atoms with Crippen molar-refractivity contribution in [3.05, 3.63) is 52.6 Å². The van der Waals surface area contributed by atoms with Crippen molar-refractivity contribution in [1.29, 1.82) is 0 Å². The van der Waals surface area contributed by atoms with E-state index in [1.807, 2.05) is 0 Å². The number of nitrogens with two attached hydrogens (primary N) is 2. The molecule has 2 aromatic rings. The molecule has 0 spiro atoms. The second kappa shape index (κ2) is 10.5. The Morgan fingerprint density at radius 3 is 2.79 bits per heavy atom. The van der Waals surface area contributed by atoms with E-state index in [0.29, 0.717) is 10.6 Å². The van der Waals surface area contributed by atoms with Crippen molar-refractivity contribution in [1.82, 2.24) is 10.5 Å². The number of alkyl halides is 1. The van der Waals surface area contributed by atoms with Gasteiger partial charge in [-0.1, -0.05) is 11.6 Å².